The zero-order valence-corrected chi connectivity index (χ0v) is 21.8. The first-order valence-corrected chi connectivity index (χ1v) is 14.4. The van der Waals surface area contributed by atoms with Gasteiger partial charge >= 0.3 is 0 Å². The Hall–Kier alpha value is -0.780. The fourth-order valence-electron chi connectivity index (χ4n) is 4.95. The van der Waals surface area contributed by atoms with Crippen LogP contribution in [-0.4, -0.2) is 0 Å². The van der Waals surface area contributed by atoms with Crippen molar-refractivity contribution in [2.24, 2.45) is 0 Å². The van der Waals surface area contributed by atoms with Crippen molar-refractivity contribution < 1.29 is 0 Å². The third kappa shape index (κ3) is 15.6. The molecule has 0 atom stereocenters. The summed E-state index contributed by atoms with van der Waals surface area (Å²) in [6, 6.07) is 7.02. The molecule has 0 heteroatoms. The quantitative estimate of drug-likeness (QED) is 0.161. The van der Waals surface area contributed by atoms with E-state index in [9.17, 15) is 0 Å². The molecule has 0 spiro atoms. The molecule has 0 N–H and O–H groups in total. The molecule has 0 aliphatic heterocycles. The van der Waals surface area contributed by atoms with Gasteiger partial charge in [-0.15, -0.1) is 0 Å². The van der Waals surface area contributed by atoms with E-state index < -0.39 is 0 Å². The third-order valence-corrected chi connectivity index (χ3v) is 7.09. The lowest BCUT2D eigenvalue weighted by molar-refractivity contribution is 0.553. The van der Waals surface area contributed by atoms with Crippen LogP contribution in [0.3, 0.4) is 0 Å². The number of benzene rings is 1. The predicted octanol–water partition coefficient (Wildman–Crippen LogP) is 10.9. The lowest BCUT2D eigenvalue weighted by atomic mass is 9.93. The number of aryl methyl sites for hydroxylation is 2. The zero-order chi connectivity index (χ0) is 22.4. The molecular weight excluding hydrogens is 372 g/mol. The van der Waals surface area contributed by atoms with Gasteiger partial charge < -0.3 is 0 Å². The van der Waals surface area contributed by atoms with Gasteiger partial charge in [0.05, 0.1) is 0 Å². The van der Waals surface area contributed by atoms with Crippen LogP contribution in [0.2, 0.25) is 0 Å². The summed E-state index contributed by atoms with van der Waals surface area (Å²) in [5, 5.41) is 0. The highest BCUT2D eigenvalue weighted by Crippen LogP contribution is 2.21. The normalized spacial score (nSPS) is 11.3. The molecule has 1 aromatic rings. The van der Waals surface area contributed by atoms with Gasteiger partial charge in [-0.1, -0.05) is 148 Å². The summed E-state index contributed by atoms with van der Waals surface area (Å²) < 4.78 is 0. The molecular formula is C31H56. The first-order valence-electron chi connectivity index (χ1n) is 14.4. The molecule has 0 unspecified atom stereocenters. The van der Waals surface area contributed by atoms with Crippen molar-refractivity contribution >= 4 is 0 Å². The Balaban J connectivity index is 2.11. The average molecular weight is 429 g/mol. The number of unbranched alkanes of at least 4 members (excludes halogenated alkanes) is 18. The zero-order valence-electron chi connectivity index (χ0n) is 21.8. The molecule has 0 saturated carbocycles. The largest absolute Gasteiger partial charge is 0.0654 e. The first kappa shape index (κ1) is 28.3. The van der Waals surface area contributed by atoms with Crippen LogP contribution >= 0.6 is 0 Å². The van der Waals surface area contributed by atoms with Crippen molar-refractivity contribution in [1.29, 1.82) is 0 Å². The highest BCUT2D eigenvalue weighted by molar-refractivity contribution is 5.34. The molecule has 0 saturated heterocycles. The Morgan fingerprint density at radius 3 is 1.29 bits per heavy atom. The summed E-state index contributed by atoms with van der Waals surface area (Å²) in [5.74, 6) is 0. The van der Waals surface area contributed by atoms with Gasteiger partial charge in [-0.3, -0.25) is 0 Å². The van der Waals surface area contributed by atoms with Crippen molar-refractivity contribution in [1.82, 2.24) is 0 Å². The molecule has 180 valence electrons. The summed E-state index contributed by atoms with van der Waals surface area (Å²) in [7, 11) is 0. The number of hydrogen-bond acceptors (Lipinski definition) is 0. The molecule has 0 radical (unpaired) electrons. The van der Waals surface area contributed by atoms with Gasteiger partial charge in [0.25, 0.3) is 0 Å². The molecule has 0 fully saturated rings. The van der Waals surface area contributed by atoms with Crippen LogP contribution in [-0.2, 0) is 12.8 Å². The second-order valence-corrected chi connectivity index (χ2v) is 10.1. The minimum atomic E-state index is 1.30. The molecule has 0 amide bonds. The maximum Gasteiger partial charge on any atom is -0.0274 e. The van der Waals surface area contributed by atoms with E-state index >= 15 is 0 Å². The van der Waals surface area contributed by atoms with E-state index in [1.54, 1.807) is 11.1 Å². The third-order valence-electron chi connectivity index (χ3n) is 7.09. The summed E-state index contributed by atoms with van der Waals surface area (Å²) in [6.07, 6.45) is 31.2. The topological polar surface area (TPSA) is 0 Å². The predicted molar refractivity (Wildman–Crippen MR) is 142 cm³/mol. The minimum Gasteiger partial charge on any atom is -0.0654 e. The first-order chi connectivity index (χ1) is 15.3. The van der Waals surface area contributed by atoms with Crippen molar-refractivity contribution in [3.63, 3.8) is 0 Å². The van der Waals surface area contributed by atoms with Gasteiger partial charge in [0.1, 0.15) is 0 Å². The van der Waals surface area contributed by atoms with Crippen LogP contribution in [0.4, 0.5) is 0 Å². The van der Waals surface area contributed by atoms with Gasteiger partial charge in [-0.25, -0.2) is 0 Å². The monoisotopic (exact) mass is 428 g/mol. The van der Waals surface area contributed by atoms with Gasteiger partial charge in [-0.05, 0) is 49.3 Å². The van der Waals surface area contributed by atoms with Gasteiger partial charge in [0, 0.05) is 0 Å². The smallest absolute Gasteiger partial charge is 0.0274 e. The van der Waals surface area contributed by atoms with E-state index in [-0.39, 0.29) is 0 Å². The van der Waals surface area contributed by atoms with Crippen molar-refractivity contribution in [2.45, 2.75) is 162 Å². The molecule has 31 heavy (non-hydrogen) atoms. The van der Waals surface area contributed by atoms with Gasteiger partial charge in [0.2, 0.25) is 0 Å². The van der Waals surface area contributed by atoms with E-state index in [1.807, 2.05) is 0 Å². The molecule has 0 nitrogen and oxygen atoms in total. The summed E-state index contributed by atoms with van der Waals surface area (Å²) in [5.41, 5.74) is 4.86. The van der Waals surface area contributed by atoms with Gasteiger partial charge in [-0.2, -0.15) is 0 Å². The van der Waals surface area contributed by atoms with Crippen LogP contribution in [0.5, 0.6) is 0 Å². The summed E-state index contributed by atoms with van der Waals surface area (Å²) in [6.45, 7) is 6.93. The Morgan fingerprint density at radius 2 is 0.839 bits per heavy atom. The van der Waals surface area contributed by atoms with E-state index in [1.165, 1.54) is 147 Å². The molecule has 1 rings (SSSR count). The molecule has 1 aromatic carbocycles. The van der Waals surface area contributed by atoms with Gasteiger partial charge in [0.15, 0.2) is 0 Å². The number of hydrogen-bond donors (Lipinski definition) is 0. The second-order valence-electron chi connectivity index (χ2n) is 10.1. The molecule has 0 aliphatic carbocycles. The lowest BCUT2D eigenvalue weighted by Crippen LogP contribution is -1.98. The minimum absolute atomic E-state index is 1.30. The standard InChI is InChI=1S/C31H56/c1-4-6-8-10-12-14-16-18-20-22-26-30-27-24-25-29(3)31(30)28-23-21-19-17-15-13-11-9-7-5-2/h24-25,27H,4-23,26,28H2,1-3H3. The Kier molecular flexibility index (Phi) is 19.2. The van der Waals surface area contributed by atoms with E-state index in [2.05, 4.69) is 39.0 Å². The maximum absolute atomic E-state index is 2.41. The fourth-order valence-corrected chi connectivity index (χ4v) is 4.95. The lowest BCUT2D eigenvalue weighted by Gasteiger charge is -2.13. The van der Waals surface area contributed by atoms with E-state index in [0.717, 1.165) is 0 Å². The average Bonchev–Trinajstić information content (AvgIpc) is 2.77. The maximum atomic E-state index is 2.41. The van der Waals surface area contributed by atoms with Crippen LogP contribution in [0.1, 0.15) is 159 Å². The SMILES string of the molecule is CCCCCCCCCCCCc1cccc(C)c1CCCCCCCCCCCC. The summed E-state index contributed by atoms with van der Waals surface area (Å²) in [4.78, 5) is 0. The second kappa shape index (κ2) is 21.1. The van der Waals surface area contributed by atoms with Crippen LogP contribution in [0.15, 0.2) is 18.2 Å². The highest BCUT2D eigenvalue weighted by Gasteiger charge is 2.06. The Bertz CT molecular complexity index is 501. The fraction of sp³-hybridized carbons (Fsp3) is 0.806. The molecule has 0 heterocycles. The number of rotatable bonds is 22. The molecule has 0 aliphatic rings. The van der Waals surface area contributed by atoms with Crippen molar-refractivity contribution in [2.75, 3.05) is 0 Å². The van der Waals surface area contributed by atoms with Crippen molar-refractivity contribution in [3.8, 4) is 0 Å². The van der Waals surface area contributed by atoms with E-state index in [4.69, 9.17) is 0 Å². The van der Waals surface area contributed by atoms with Crippen LogP contribution in [0.25, 0.3) is 0 Å². The molecule has 0 bridgehead atoms. The van der Waals surface area contributed by atoms with Crippen LogP contribution in [0, 0.1) is 6.92 Å². The van der Waals surface area contributed by atoms with E-state index in [0.29, 0.717) is 0 Å². The Morgan fingerprint density at radius 1 is 0.452 bits per heavy atom. The summed E-state index contributed by atoms with van der Waals surface area (Å²) >= 11 is 0. The van der Waals surface area contributed by atoms with Crippen molar-refractivity contribution in [3.05, 3.63) is 34.9 Å². The molecule has 0 aromatic heterocycles. The highest BCUT2D eigenvalue weighted by atomic mass is 14.1. The van der Waals surface area contributed by atoms with Crippen LogP contribution < -0.4 is 0 Å². The Labute approximate surface area is 197 Å².